The van der Waals surface area contributed by atoms with Crippen LogP contribution >= 0.6 is 0 Å². The quantitative estimate of drug-likeness (QED) is 0.733. The highest BCUT2D eigenvalue weighted by Gasteiger charge is 2.25. The Morgan fingerprint density at radius 2 is 1.96 bits per heavy atom. The second-order valence-electron chi connectivity index (χ2n) is 7.00. The minimum absolute atomic E-state index is 0.120. The van der Waals surface area contributed by atoms with Crippen molar-refractivity contribution in [3.8, 4) is 11.5 Å². The number of benzene rings is 1. The number of ether oxygens (including phenoxy) is 2. The van der Waals surface area contributed by atoms with Gasteiger partial charge >= 0.3 is 0 Å². The molecule has 1 N–H and O–H groups in total. The third kappa shape index (κ3) is 4.06. The van der Waals surface area contributed by atoms with E-state index in [2.05, 4.69) is 15.3 Å². The van der Waals surface area contributed by atoms with Crippen LogP contribution in [0, 0.1) is 0 Å². The van der Waals surface area contributed by atoms with Crippen molar-refractivity contribution in [1.29, 1.82) is 0 Å². The third-order valence-electron chi connectivity index (χ3n) is 5.14. The third-order valence-corrected chi connectivity index (χ3v) is 5.14. The number of nitrogens with one attached hydrogen (secondary N) is 1. The second-order valence-corrected chi connectivity index (χ2v) is 7.00. The summed E-state index contributed by atoms with van der Waals surface area (Å²) in [7, 11) is 1.54. The van der Waals surface area contributed by atoms with E-state index in [0.717, 1.165) is 42.3 Å². The molecule has 0 atom stereocenters. The Bertz CT molecular complexity index is 968. The van der Waals surface area contributed by atoms with Crippen LogP contribution in [-0.2, 0) is 0 Å². The highest BCUT2D eigenvalue weighted by Crippen LogP contribution is 2.26. The van der Waals surface area contributed by atoms with Crippen molar-refractivity contribution in [2.45, 2.75) is 37.8 Å². The maximum Gasteiger partial charge on any atom is 0.255 e. The molecule has 1 amide bonds. The number of fused-ring (bicyclic) bond motifs is 1. The Balaban J connectivity index is 1.32. The largest absolute Gasteiger partial charge is 0.494 e. The van der Waals surface area contributed by atoms with Gasteiger partial charge < -0.3 is 14.8 Å². The fourth-order valence-corrected chi connectivity index (χ4v) is 3.64. The van der Waals surface area contributed by atoms with Gasteiger partial charge in [0.05, 0.1) is 30.5 Å². The molecule has 4 rings (SSSR count). The molecule has 1 fully saturated rings. The van der Waals surface area contributed by atoms with E-state index in [1.165, 1.54) is 0 Å². The number of rotatable bonds is 5. The van der Waals surface area contributed by atoms with Gasteiger partial charge in [-0.3, -0.25) is 14.8 Å². The van der Waals surface area contributed by atoms with E-state index in [4.69, 9.17) is 9.47 Å². The summed E-state index contributed by atoms with van der Waals surface area (Å²) in [5, 5.41) is 4.18. The topological polar surface area (TPSA) is 73.3 Å². The van der Waals surface area contributed by atoms with E-state index in [-0.39, 0.29) is 18.1 Å². The van der Waals surface area contributed by atoms with Crippen molar-refractivity contribution >= 4 is 16.8 Å². The van der Waals surface area contributed by atoms with Crippen LogP contribution in [0.3, 0.4) is 0 Å². The van der Waals surface area contributed by atoms with Gasteiger partial charge in [0.25, 0.3) is 5.91 Å². The van der Waals surface area contributed by atoms with Crippen LogP contribution in [0.2, 0.25) is 0 Å². The molecule has 6 heteroatoms. The van der Waals surface area contributed by atoms with Gasteiger partial charge in [0.1, 0.15) is 11.5 Å². The number of hydrogen-bond acceptors (Lipinski definition) is 5. The molecular formula is C22H23N3O3. The Morgan fingerprint density at radius 3 is 2.79 bits per heavy atom. The summed E-state index contributed by atoms with van der Waals surface area (Å²) in [5.74, 6) is 1.24. The van der Waals surface area contributed by atoms with Gasteiger partial charge in [-0.25, -0.2) is 0 Å². The Kier molecular flexibility index (Phi) is 5.37. The highest BCUT2D eigenvalue weighted by molar-refractivity contribution is 5.96. The monoisotopic (exact) mass is 377 g/mol. The van der Waals surface area contributed by atoms with Gasteiger partial charge in [-0.2, -0.15) is 0 Å². The van der Waals surface area contributed by atoms with Crippen molar-refractivity contribution in [2.75, 3.05) is 7.11 Å². The molecule has 0 aliphatic heterocycles. The van der Waals surface area contributed by atoms with Crippen molar-refractivity contribution in [3.63, 3.8) is 0 Å². The van der Waals surface area contributed by atoms with Gasteiger partial charge in [-0.05, 0) is 56.0 Å². The first kappa shape index (κ1) is 18.2. The first-order valence-electron chi connectivity index (χ1n) is 9.53. The average Bonchev–Trinajstić information content (AvgIpc) is 2.75. The minimum atomic E-state index is -0.120. The van der Waals surface area contributed by atoms with Crippen LogP contribution in [0.4, 0.5) is 0 Å². The highest BCUT2D eigenvalue weighted by atomic mass is 16.5. The van der Waals surface area contributed by atoms with Crippen LogP contribution in [0.15, 0.2) is 55.0 Å². The van der Waals surface area contributed by atoms with Gasteiger partial charge in [0.15, 0.2) is 0 Å². The molecule has 0 spiro atoms. The molecule has 144 valence electrons. The van der Waals surface area contributed by atoms with E-state index in [9.17, 15) is 4.79 Å². The van der Waals surface area contributed by atoms with E-state index >= 15 is 0 Å². The summed E-state index contributed by atoms with van der Waals surface area (Å²) in [5.41, 5.74) is 1.48. The van der Waals surface area contributed by atoms with Gasteiger partial charge in [0, 0.05) is 23.8 Å². The number of carbonyl (C=O) groups excluding carboxylic acids is 1. The molecule has 3 aromatic rings. The standard InChI is InChI=1S/C22H23N3O3/c1-27-21-14-23-12-10-19(21)22(26)25-16-4-6-17(7-5-16)28-18-8-9-20-15(13-18)3-2-11-24-20/h2-3,8-14,16-17H,4-7H2,1H3,(H,25,26). The van der Waals surface area contributed by atoms with Crippen LogP contribution in [0.5, 0.6) is 11.5 Å². The molecule has 0 radical (unpaired) electrons. The molecule has 28 heavy (non-hydrogen) atoms. The zero-order chi connectivity index (χ0) is 19.3. The fraction of sp³-hybridized carbons (Fsp3) is 0.318. The number of hydrogen-bond donors (Lipinski definition) is 1. The molecule has 2 aromatic heterocycles. The number of nitrogens with zero attached hydrogens (tertiary/aromatic N) is 2. The first-order chi connectivity index (χ1) is 13.7. The van der Waals surface area contributed by atoms with Gasteiger partial charge in [-0.1, -0.05) is 6.07 Å². The smallest absolute Gasteiger partial charge is 0.255 e. The SMILES string of the molecule is COc1cnccc1C(=O)NC1CCC(Oc2ccc3ncccc3c2)CC1. The molecule has 0 bridgehead atoms. The zero-order valence-electron chi connectivity index (χ0n) is 15.8. The Labute approximate surface area is 163 Å². The molecule has 2 heterocycles. The van der Waals surface area contributed by atoms with Crippen molar-refractivity contribution in [3.05, 3.63) is 60.6 Å². The van der Waals surface area contributed by atoms with Crippen molar-refractivity contribution < 1.29 is 14.3 Å². The summed E-state index contributed by atoms with van der Waals surface area (Å²) in [6.07, 6.45) is 8.70. The number of aromatic nitrogens is 2. The molecule has 0 saturated heterocycles. The fourth-order valence-electron chi connectivity index (χ4n) is 3.64. The lowest BCUT2D eigenvalue weighted by Crippen LogP contribution is -2.39. The number of carbonyl (C=O) groups is 1. The molecule has 1 aromatic carbocycles. The Morgan fingerprint density at radius 1 is 1.11 bits per heavy atom. The maximum absolute atomic E-state index is 12.5. The Hall–Kier alpha value is -3.15. The molecule has 1 saturated carbocycles. The van der Waals surface area contributed by atoms with Crippen molar-refractivity contribution in [1.82, 2.24) is 15.3 Å². The van der Waals surface area contributed by atoms with Crippen LogP contribution in [0.25, 0.3) is 10.9 Å². The molecule has 1 aliphatic rings. The van der Waals surface area contributed by atoms with Crippen LogP contribution in [0.1, 0.15) is 36.0 Å². The van der Waals surface area contributed by atoms with Gasteiger partial charge in [-0.15, -0.1) is 0 Å². The van der Waals surface area contributed by atoms with E-state index in [0.29, 0.717) is 11.3 Å². The summed E-state index contributed by atoms with van der Waals surface area (Å²) < 4.78 is 11.4. The van der Waals surface area contributed by atoms with Crippen LogP contribution < -0.4 is 14.8 Å². The number of methoxy groups -OCH3 is 1. The summed E-state index contributed by atoms with van der Waals surface area (Å²) >= 11 is 0. The predicted molar refractivity (Wildman–Crippen MR) is 107 cm³/mol. The summed E-state index contributed by atoms with van der Waals surface area (Å²) in [6, 6.07) is 11.8. The van der Waals surface area contributed by atoms with E-state index in [1.54, 1.807) is 31.8 Å². The van der Waals surface area contributed by atoms with E-state index in [1.807, 2.05) is 30.3 Å². The maximum atomic E-state index is 12.5. The predicted octanol–water partition coefficient (Wildman–Crippen LogP) is 3.76. The average molecular weight is 377 g/mol. The first-order valence-corrected chi connectivity index (χ1v) is 9.53. The minimum Gasteiger partial charge on any atom is -0.494 e. The normalized spacial score (nSPS) is 19.2. The zero-order valence-corrected chi connectivity index (χ0v) is 15.8. The summed E-state index contributed by atoms with van der Waals surface area (Å²) in [4.78, 5) is 20.9. The van der Waals surface area contributed by atoms with Crippen molar-refractivity contribution in [2.24, 2.45) is 0 Å². The van der Waals surface area contributed by atoms with Gasteiger partial charge in [0.2, 0.25) is 0 Å². The molecular weight excluding hydrogens is 354 g/mol. The lowest BCUT2D eigenvalue weighted by atomic mass is 9.92. The molecule has 1 aliphatic carbocycles. The number of pyridine rings is 2. The lowest BCUT2D eigenvalue weighted by molar-refractivity contribution is 0.0891. The van der Waals surface area contributed by atoms with E-state index < -0.39 is 0 Å². The second kappa shape index (κ2) is 8.25. The lowest BCUT2D eigenvalue weighted by Gasteiger charge is -2.29. The van der Waals surface area contributed by atoms with Crippen LogP contribution in [-0.4, -0.2) is 35.1 Å². The number of amides is 1. The summed E-state index contributed by atoms with van der Waals surface area (Å²) in [6.45, 7) is 0. The molecule has 6 nitrogen and oxygen atoms in total. The molecule has 0 unspecified atom stereocenters.